The lowest BCUT2D eigenvalue weighted by Crippen LogP contribution is -2.00. The van der Waals surface area contributed by atoms with Crippen LogP contribution in [0.2, 0.25) is 5.02 Å². The summed E-state index contributed by atoms with van der Waals surface area (Å²) in [6, 6.07) is 11.2. The zero-order chi connectivity index (χ0) is 15.0. The third kappa shape index (κ3) is 2.26. The Labute approximate surface area is 127 Å². The second-order valence-corrected chi connectivity index (χ2v) is 5.18. The molecule has 3 rings (SSSR count). The summed E-state index contributed by atoms with van der Waals surface area (Å²) < 4.78 is 7.21. The molecule has 0 aliphatic carbocycles. The number of rotatable bonds is 3. The molecule has 0 fully saturated rings. The Bertz CT molecular complexity index is 796. The third-order valence-electron chi connectivity index (χ3n) is 3.40. The van der Waals surface area contributed by atoms with E-state index in [-0.39, 0.29) is 0 Å². The number of methoxy groups -OCH3 is 1. The first-order valence-electron chi connectivity index (χ1n) is 6.61. The highest BCUT2D eigenvalue weighted by Gasteiger charge is 2.21. The van der Waals surface area contributed by atoms with Crippen LogP contribution in [0.1, 0.15) is 18.7 Å². The van der Waals surface area contributed by atoms with E-state index in [1.807, 2.05) is 40.9 Å². The standard InChI is InChI=1S/C16H15ClN2O2/c1-10(20)15-14(11-6-3-4-8-13(11)21-2)18-16-12(17)7-5-9-19(15)16/h3-10,20H,1-2H3. The van der Waals surface area contributed by atoms with Crippen LogP contribution in [0, 0.1) is 0 Å². The summed E-state index contributed by atoms with van der Waals surface area (Å²) in [6.07, 6.45) is 1.16. The molecule has 1 N–H and O–H groups in total. The van der Waals surface area contributed by atoms with Crippen LogP contribution in [-0.2, 0) is 0 Å². The highest BCUT2D eigenvalue weighted by molar-refractivity contribution is 6.33. The molecule has 0 saturated carbocycles. The molecule has 2 aromatic heterocycles. The lowest BCUT2D eigenvalue weighted by molar-refractivity contribution is 0.194. The van der Waals surface area contributed by atoms with Crippen LogP contribution in [0.4, 0.5) is 0 Å². The Hall–Kier alpha value is -2.04. The molecule has 0 spiro atoms. The number of halogens is 1. The lowest BCUT2D eigenvalue weighted by Gasteiger charge is -2.10. The van der Waals surface area contributed by atoms with Gasteiger partial charge in [0.15, 0.2) is 5.65 Å². The van der Waals surface area contributed by atoms with E-state index in [1.165, 1.54) is 0 Å². The first kappa shape index (κ1) is 13.9. The second-order valence-electron chi connectivity index (χ2n) is 4.77. The molecule has 0 bridgehead atoms. The molecule has 108 valence electrons. The number of para-hydroxylation sites is 1. The molecule has 0 aliphatic rings. The summed E-state index contributed by atoms with van der Waals surface area (Å²) in [7, 11) is 1.61. The van der Waals surface area contributed by atoms with Gasteiger partial charge in [0.05, 0.1) is 29.6 Å². The molecular formula is C16H15ClN2O2. The van der Waals surface area contributed by atoms with Crippen molar-refractivity contribution in [2.45, 2.75) is 13.0 Å². The average molecular weight is 303 g/mol. The third-order valence-corrected chi connectivity index (χ3v) is 3.69. The number of ether oxygens (including phenoxy) is 1. The fraction of sp³-hybridized carbons (Fsp3) is 0.188. The van der Waals surface area contributed by atoms with Crippen molar-refractivity contribution in [1.29, 1.82) is 0 Å². The molecule has 2 heterocycles. The van der Waals surface area contributed by atoms with Crippen LogP contribution in [0.25, 0.3) is 16.9 Å². The maximum absolute atomic E-state index is 10.2. The number of benzene rings is 1. The zero-order valence-corrected chi connectivity index (χ0v) is 12.5. The predicted octanol–water partition coefficient (Wildman–Crippen LogP) is 3.72. The number of fused-ring (bicyclic) bond motifs is 1. The van der Waals surface area contributed by atoms with Gasteiger partial charge in [-0.3, -0.25) is 4.40 Å². The van der Waals surface area contributed by atoms with Crippen molar-refractivity contribution >= 4 is 17.2 Å². The summed E-state index contributed by atoms with van der Waals surface area (Å²) in [5.74, 6) is 0.707. The molecule has 5 heteroatoms. The van der Waals surface area contributed by atoms with Gasteiger partial charge in [-0.2, -0.15) is 0 Å². The van der Waals surface area contributed by atoms with E-state index in [0.717, 1.165) is 5.56 Å². The molecular weight excluding hydrogens is 288 g/mol. The highest BCUT2D eigenvalue weighted by Crippen LogP contribution is 2.35. The van der Waals surface area contributed by atoms with Gasteiger partial charge >= 0.3 is 0 Å². The van der Waals surface area contributed by atoms with Gasteiger partial charge in [0.2, 0.25) is 0 Å². The minimum atomic E-state index is -0.682. The van der Waals surface area contributed by atoms with E-state index < -0.39 is 6.10 Å². The van der Waals surface area contributed by atoms with Gasteiger partial charge in [-0.25, -0.2) is 4.98 Å². The van der Waals surface area contributed by atoms with Crippen LogP contribution < -0.4 is 4.74 Å². The van der Waals surface area contributed by atoms with Gasteiger partial charge in [-0.05, 0) is 31.2 Å². The Morgan fingerprint density at radius 3 is 2.71 bits per heavy atom. The molecule has 21 heavy (non-hydrogen) atoms. The molecule has 0 radical (unpaired) electrons. The van der Waals surface area contributed by atoms with Crippen LogP contribution in [-0.4, -0.2) is 21.6 Å². The summed E-state index contributed by atoms with van der Waals surface area (Å²) in [5, 5.41) is 10.7. The molecule has 1 atom stereocenters. The number of aliphatic hydroxyl groups is 1. The maximum atomic E-state index is 10.2. The molecule has 0 aliphatic heterocycles. The maximum Gasteiger partial charge on any atom is 0.156 e. The fourth-order valence-corrected chi connectivity index (χ4v) is 2.70. The van der Waals surface area contributed by atoms with E-state index in [0.29, 0.717) is 27.8 Å². The van der Waals surface area contributed by atoms with Gasteiger partial charge in [0.25, 0.3) is 0 Å². The molecule has 0 amide bonds. The number of nitrogens with zero attached hydrogens (tertiary/aromatic N) is 2. The summed E-state index contributed by atoms with van der Waals surface area (Å²) in [6.45, 7) is 1.71. The Kier molecular flexibility index (Phi) is 3.57. The first-order chi connectivity index (χ1) is 10.1. The molecule has 0 saturated heterocycles. The number of hydrogen-bond donors (Lipinski definition) is 1. The van der Waals surface area contributed by atoms with E-state index in [9.17, 15) is 5.11 Å². The monoisotopic (exact) mass is 302 g/mol. The highest BCUT2D eigenvalue weighted by atomic mass is 35.5. The molecule has 4 nitrogen and oxygen atoms in total. The number of imidazole rings is 1. The van der Waals surface area contributed by atoms with Crippen molar-refractivity contribution in [3.05, 3.63) is 53.3 Å². The number of pyridine rings is 1. The molecule has 3 aromatic rings. The minimum absolute atomic E-state index is 0.542. The quantitative estimate of drug-likeness (QED) is 0.802. The van der Waals surface area contributed by atoms with E-state index in [1.54, 1.807) is 20.1 Å². The van der Waals surface area contributed by atoms with Gasteiger partial charge in [-0.15, -0.1) is 0 Å². The number of aliphatic hydroxyl groups excluding tert-OH is 1. The summed E-state index contributed by atoms with van der Waals surface area (Å²) in [5.41, 5.74) is 2.82. The SMILES string of the molecule is COc1ccccc1-c1nc2c(Cl)cccn2c1C(C)O. The zero-order valence-electron chi connectivity index (χ0n) is 11.7. The van der Waals surface area contributed by atoms with Gasteiger partial charge in [0, 0.05) is 11.8 Å². The Morgan fingerprint density at radius 2 is 2.00 bits per heavy atom. The van der Waals surface area contributed by atoms with E-state index >= 15 is 0 Å². The Morgan fingerprint density at radius 1 is 1.24 bits per heavy atom. The van der Waals surface area contributed by atoms with Crippen LogP contribution in [0.5, 0.6) is 5.75 Å². The smallest absolute Gasteiger partial charge is 0.156 e. The topological polar surface area (TPSA) is 46.8 Å². The second kappa shape index (κ2) is 5.39. The van der Waals surface area contributed by atoms with Crippen molar-refractivity contribution in [1.82, 2.24) is 9.38 Å². The van der Waals surface area contributed by atoms with Crippen molar-refractivity contribution in [2.24, 2.45) is 0 Å². The Balaban J connectivity index is 2.37. The van der Waals surface area contributed by atoms with Gasteiger partial charge in [0.1, 0.15) is 5.75 Å². The van der Waals surface area contributed by atoms with Crippen molar-refractivity contribution in [3.8, 4) is 17.0 Å². The lowest BCUT2D eigenvalue weighted by atomic mass is 10.1. The van der Waals surface area contributed by atoms with Crippen molar-refractivity contribution in [3.63, 3.8) is 0 Å². The average Bonchev–Trinajstić information content (AvgIpc) is 2.88. The number of hydrogen-bond acceptors (Lipinski definition) is 3. The van der Waals surface area contributed by atoms with Crippen LogP contribution in [0.15, 0.2) is 42.6 Å². The molecule has 1 unspecified atom stereocenters. The van der Waals surface area contributed by atoms with Crippen molar-refractivity contribution in [2.75, 3.05) is 7.11 Å². The first-order valence-corrected chi connectivity index (χ1v) is 6.99. The fourth-order valence-electron chi connectivity index (χ4n) is 2.49. The predicted molar refractivity (Wildman–Crippen MR) is 82.8 cm³/mol. The van der Waals surface area contributed by atoms with E-state index in [4.69, 9.17) is 16.3 Å². The molecule has 1 aromatic carbocycles. The largest absolute Gasteiger partial charge is 0.496 e. The van der Waals surface area contributed by atoms with Gasteiger partial charge < -0.3 is 9.84 Å². The van der Waals surface area contributed by atoms with E-state index in [2.05, 4.69) is 4.98 Å². The summed E-state index contributed by atoms with van der Waals surface area (Å²) in [4.78, 5) is 4.60. The number of aromatic nitrogens is 2. The summed E-state index contributed by atoms with van der Waals surface area (Å²) >= 11 is 6.21. The van der Waals surface area contributed by atoms with Gasteiger partial charge in [-0.1, -0.05) is 23.7 Å². The van der Waals surface area contributed by atoms with Crippen molar-refractivity contribution < 1.29 is 9.84 Å². The van der Waals surface area contributed by atoms with Crippen LogP contribution >= 0.6 is 11.6 Å². The normalized spacial score (nSPS) is 12.6. The minimum Gasteiger partial charge on any atom is -0.496 e. The van der Waals surface area contributed by atoms with Crippen LogP contribution in [0.3, 0.4) is 0 Å².